The van der Waals surface area contributed by atoms with Gasteiger partial charge in [-0.05, 0) is 43.7 Å². The summed E-state index contributed by atoms with van der Waals surface area (Å²) in [5.74, 6) is -0.364. The first-order valence-corrected chi connectivity index (χ1v) is 11.3. The van der Waals surface area contributed by atoms with Crippen LogP contribution in [0.5, 0.6) is 0 Å². The summed E-state index contributed by atoms with van der Waals surface area (Å²) in [5.41, 5.74) is 2.18. The first-order chi connectivity index (χ1) is 16.1. The van der Waals surface area contributed by atoms with Crippen molar-refractivity contribution in [3.05, 3.63) is 75.4 Å². The number of hydrogen-bond donors (Lipinski definition) is 2. The molecular formula is C25H27ClN4O4. The summed E-state index contributed by atoms with van der Waals surface area (Å²) in [7, 11) is 1.68. The van der Waals surface area contributed by atoms with Gasteiger partial charge in [0.15, 0.2) is 0 Å². The molecule has 178 valence electrons. The minimum Gasteiger partial charge on any atom is -0.386 e. The summed E-state index contributed by atoms with van der Waals surface area (Å²) >= 11 is 6.41. The Balaban J connectivity index is 1.66. The first-order valence-electron chi connectivity index (χ1n) is 11.0. The highest BCUT2D eigenvalue weighted by molar-refractivity contribution is 6.32. The number of aliphatic hydroxyl groups is 1. The second-order valence-electron chi connectivity index (χ2n) is 8.79. The molecule has 0 saturated carbocycles. The normalized spacial score (nSPS) is 14.2. The summed E-state index contributed by atoms with van der Waals surface area (Å²) in [6.45, 7) is 5.72. The minimum absolute atomic E-state index is 0.115. The molecule has 0 atom stereocenters. The molecule has 9 heteroatoms. The number of aromatic nitrogens is 2. The van der Waals surface area contributed by atoms with Crippen LogP contribution in [0.1, 0.15) is 29.8 Å². The van der Waals surface area contributed by atoms with Crippen molar-refractivity contribution >= 4 is 28.9 Å². The third-order valence-electron chi connectivity index (χ3n) is 5.76. The minimum atomic E-state index is -1.03. The molecule has 1 amide bonds. The number of amides is 1. The molecule has 2 N–H and O–H groups in total. The number of hydrogen-bond acceptors (Lipinski definition) is 6. The number of ether oxygens (including phenoxy) is 1. The number of pyridine rings is 2. The van der Waals surface area contributed by atoms with E-state index in [-0.39, 0.29) is 16.6 Å². The smallest absolute Gasteiger partial charge is 0.273 e. The van der Waals surface area contributed by atoms with Crippen LogP contribution in [-0.4, -0.2) is 46.9 Å². The summed E-state index contributed by atoms with van der Waals surface area (Å²) < 4.78 is 6.91. The van der Waals surface area contributed by atoms with Crippen LogP contribution in [0.3, 0.4) is 0 Å². The Morgan fingerprint density at radius 3 is 2.65 bits per heavy atom. The van der Waals surface area contributed by atoms with Crippen LogP contribution in [0.4, 0.5) is 11.4 Å². The lowest BCUT2D eigenvalue weighted by Gasteiger charge is -2.28. The summed E-state index contributed by atoms with van der Waals surface area (Å²) in [6, 6.07) is 10.5. The molecular weight excluding hydrogens is 456 g/mol. The number of morpholine rings is 1. The second-order valence-corrected chi connectivity index (χ2v) is 9.14. The van der Waals surface area contributed by atoms with Crippen molar-refractivity contribution in [2.45, 2.75) is 19.4 Å². The highest BCUT2D eigenvalue weighted by Gasteiger charge is 2.20. The van der Waals surface area contributed by atoms with Gasteiger partial charge in [0.05, 0.1) is 24.4 Å². The van der Waals surface area contributed by atoms with E-state index < -0.39 is 5.60 Å². The van der Waals surface area contributed by atoms with E-state index in [0.29, 0.717) is 59.9 Å². The fraction of sp³-hybridized carbons (Fsp3) is 0.320. The van der Waals surface area contributed by atoms with Gasteiger partial charge in [-0.15, -0.1) is 0 Å². The Labute approximate surface area is 202 Å². The zero-order valence-corrected chi connectivity index (χ0v) is 20.1. The topological polar surface area (TPSA) is 96.7 Å². The van der Waals surface area contributed by atoms with E-state index in [1.54, 1.807) is 63.5 Å². The van der Waals surface area contributed by atoms with Crippen molar-refractivity contribution < 1.29 is 14.6 Å². The van der Waals surface area contributed by atoms with Crippen molar-refractivity contribution in [2.24, 2.45) is 7.05 Å². The van der Waals surface area contributed by atoms with Gasteiger partial charge in [-0.2, -0.15) is 0 Å². The third kappa shape index (κ3) is 5.14. The predicted molar refractivity (Wildman–Crippen MR) is 133 cm³/mol. The van der Waals surface area contributed by atoms with E-state index in [2.05, 4.69) is 10.3 Å². The Morgan fingerprint density at radius 2 is 1.94 bits per heavy atom. The highest BCUT2D eigenvalue weighted by Crippen LogP contribution is 2.29. The Kier molecular flexibility index (Phi) is 6.74. The number of carbonyl (C=O) groups is 1. The lowest BCUT2D eigenvalue weighted by atomic mass is 9.98. The summed E-state index contributed by atoms with van der Waals surface area (Å²) in [4.78, 5) is 31.9. The average molecular weight is 483 g/mol. The number of halogens is 1. The fourth-order valence-electron chi connectivity index (χ4n) is 3.83. The van der Waals surface area contributed by atoms with Crippen molar-refractivity contribution in [1.29, 1.82) is 0 Å². The molecule has 3 aromatic rings. The van der Waals surface area contributed by atoms with Gasteiger partial charge in [-0.25, -0.2) is 4.98 Å². The molecule has 2 aromatic heterocycles. The number of rotatable bonds is 5. The van der Waals surface area contributed by atoms with Crippen LogP contribution in [-0.2, 0) is 17.4 Å². The molecule has 4 rings (SSSR count). The molecule has 0 radical (unpaired) electrons. The molecule has 1 aromatic carbocycles. The number of benzene rings is 1. The van der Waals surface area contributed by atoms with Crippen molar-refractivity contribution in [3.8, 4) is 11.1 Å². The van der Waals surface area contributed by atoms with Gasteiger partial charge in [0.25, 0.3) is 11.5 Å². The van der Waals surface area contributed by atoms with E-state index in [1.165, 1.54) is 10.8 Å². The van der Waals surface area contributed by atoms with E-state index in [0.717, 1.165) is 0 Å². The van der Waals surface area contributed by atoms with Crippen LogP contribution in [0.15, 0.2) is 53.6 Å². The van der Waals surface area contributed by atoms with Crippen LogP contribution < -0.4 is 15.8 Å². The third-order valence-corrected chi connectivity index (χ3v) is 6.06. The average Bonchev–Trinajstić information content (AvgIpc) is 2.81. The second kappa shape index (κ2) is 9.58. The molecule has 0 aliphatic carbocycles. The maximum absolute atomic E-state index is 13.0. The van der Waals surface area contributed by atoms with E-state index in [4.69, 9.17) is 16.3 Å². The van der Waals surface area contributed by atoms with Crippen LogP contribution in [0.25, 0.3) is 11.1 Å². The Morgan fingerprint density at radius 1 is 1.21 bits per heavy atom. The summed E-state index contributed by atoms with van der Waals surface area (Å²) in [5, 5.41) is 13.3. The predicted octanol–water partition coefficient (Wildman–Crippen LogP) is 3.42. The van der Waals surface area contributed by atoms with Gasteiger partial charge in [0, 0.05) is 49.3 Å². The quantitative estimate of drug-likeness (QED) is 0.541. The highest BCUT2D eigenvalue weighted by atomic mass is 35.5. The summed E-state index contributed by atoms with van der Waals surface area (Å²) in [6.07, 6.45) is 3.09. The molecule has 1 fully saturated rings. The van der Waals surface area contributed by atoms with Gasteiger partial charge in [-0.1, -0.05) is 23.7 Å². The number of aryl methyl sites for hydroxylation is 1. The molecule has 1 saturated heterocycles. The van der Waals surface area contributed by atoms with Gasteiger partial charge in [0.2, 0.25) is 0 Å². The molecule has 3 heterocycles. The molecule has 0 spiro atoms. The molecule has 34 heavy (non-hydrogen) atoms. The molecule has 0 unspecified atom stereocenters. The Bertz CT molecular complexity index is 1280. The number of nitrogens with one attached hydrogen (secondary N) is 1. The molecule has 1 aliphatic heterocycles. The largest absolute Gasteiger partial charge is 0.386 e. The van der Waals surface area contributed by atoms with Gasteiger partial charge in [0.1, 0.15) is 10.8 Å². The van der Waals surface area contributed by atoms with Gasteiger partial charge >= 0.3 is 0 Å². The van der Waals surface area contributed by atoms with Crippen molar-refractivity contribution in [1.82, 2.24) is 9.55 Å². The van der Waals surface area contributed by atoms with E-state index in [1.807, 2.05) is 4.90 Å². The standard InChI is InChI=1S/C25H27ClN4O4/c1-25(2,33)18-5-4-6-19(13-18)28-23(31)16-11-20(22(26)27-14-16)17-12-21(24(32)29(3)15-17)30-7-9-34-10-8-30/h4-6,11-15,33H,7-10H2,1-3H3,(H,28,31). The maximum atomic E-state index is 13.0. The first kappa shape index (κ1) is 23.9. The Hall–Kier alpha value is -3.20. The van der Waals surface area contributed by atoms with Crippen LogP contribution in [0, 0.1) is 0 Å². The van der Waals surface area contributed by atoms with Crippen molar-refractivity contribution in [2.75, 3.05) is 36.5 Å². The molecule has 1 aliphatic rings. The molecule has 0 bridgehead atoms. The zero-order valence-electron chi connectivity index (χ0n) is 19.3. The lowest BCUT2D eigenvalue weighted by Crippen LogP contribution is -2.40. The van der Waals surface area contributed by atoms with E-state index in [9.17, 15) is 14.7 Å². The van der Waals surface area contributed by atoms with Crippen molar-refractivity contribution in [3.63, 3.8) is 0 Å². The van der Waals surface area contributed by atoms with Gasteiger partial charge in [-0.3, -0.25) is 9.59 Å². The zero-order chi connectivity index (χ0) is 24.5. The monoisotopic (exact) mass is 482 g/mol. The number of carbonyl (C=O) groups excluding carboxylic acids is 1. The van der Waals surface area contributed by atoms with Crippen LogP contribution >= 0.6 is 11.6 Å². The van der Waals surface area contributed by atoms with E-state index >= 15 is 0 Å². The maximum Gasteiger partial charge on any atom is 0.273 e. The van der Waals surface area contributed by atoms with Gasteiger partial charge < -0.3 is 24.6 Å². The number of nitrogens with zero attached hydrogens (tertiary/aromatic N) is 3. The van der Waals surface area contributed by atoms with Crippen LogP contribution in [0.2, 0.25) is 5.15 Å². The fourth-order valence-corrected chi connectivity index (χ4v) is 4.04. The molecule has 8 nitrogen and oxygen atoms in total. The number of anilines is 2. The lowest BCUT2D eigenvalue weighted by molar-refractivity contribution is 0.0786. The SMILES string of the molecule is Cn1cc(-c2cc(C(=O)Nc3cccc(C(C)(C)O)c3)cnc2Cl)cc(N2CCOCC2)c1=O.